The van der Waals surface area contributed by atoms with Crippen LogP contribution in [0.1, 0.15) is 43.0 Å². The number of amides is 2. The lowest BCUT2D eigenvalue weighted by Crippen LogP contribution is -2.13. The molecule has 0 radical (unpaired) electrons. The molecule has 4 aromatic rings. The maximum Gasteiger partial charge on any atom is 0.341 e. The van der Waals surface area contributed by atoms with Crippen LogP contribution in [-0.4, -0.2) is 34.2 Å². The van der Waals surface area contributed by atoms with Crippen molar-refractivity contribution in [1.82, 2.24) is 9.78 Å². The van der Waals surface area contributed by atoms with Gasteiger partial charge in [-0.25, -0.2) is 9.48 Å². The zero-order chi connectivity index (χ0) is 24.1. The normalized spacial score (nSPS) is 10.5. The summed E-state index contributed by atoms with van der Waals surface area (Å²) >= 11 is 1.36. The van der Waals surface area contributed by atoms with E-state index in [1.165, 1.54) is 17.5 Å². The predicted molar refractivity (Wildman–Crippen MR) is 131 cm³/mol. The van der Waals surface area contributed by atoms with Crippen LogP contribution in [0.15, 0.2) is 72.2 Å². The van der Waals surface area contributed by atoms with Gasteiger partial charge in [0.25, 0.3) is 11.8 Å². The van der Waals surface area contributed by atoms with Gasteiger partial charge in [-0.15, -0.1) is 11.3 Å². The quantitative estimate of drug-likeness (QED) is 0.370. The Morgan fingerprint density at radius 1 is 0.971 bits per heavy atom. The second-order valence-electron chi connectivity index (χ2n) is 7.29. The van der Waals surface area contributed by atoms with Crippen molar-refractivity contribution in [2.75, 3.05) is 17.2 Å². The number of carbonyl (C=O) groups excluding carboxylic acids is 3. The van der Waals surface area contributed by atoms with Crippen molar-refractivity contribution in [2.45, 2.75) is 13.8 Å². The molecule has 0 unspecified atom stereocenters. The summed E-state index contributed by atoms with van der Waals surface area (Å²) in [6, 6.07) is 17.4. The Hall–Kier alpha value is -4.24. The van der Waals surface area contributed by atoms with E-state index < -0.39 is 5.97 Å². The third-order valence-electron chi connectivity index (χ3n) is 5.00. The summed E-state index contributed by atoms with van der Waals surface area (Å²) in [6.07, 6.45) is 1.47. The Morgan fingerprint density at radius 2 is 1.68 bits per heavy atom. The molecule has 0 saturated carbocycles. The van der Waals surface area contributed by atoms with Gasteiger partial charge in [0, 0.05) is 16.9 Å². The number of thiophene rings is 1. The van der Waals surface area contributed by atoms with Gasteiger partial charge in [0.2, 0.25) is 0 Å². The fourth-order valence-electron chi connectivity index (χ4n) is 3.31. The number of ether oxygens (including phenoxy) is 1. The fourth-order valence-corrected chi connectivity index (χ4v) is 3.93. The second-order valence-corrected chi connectivity index (χ2v) is 8.24. The minimum atomic E-state index is -0.420. The fraction of sp³-hybridized carbons (Fsp3) is 0.120. The topological polar surface area (TPSA) is 102 Å². The van der Waals surface area contributed by atoms with E-state index in [-0.39, 0.29) is 18.4 Å². The molecular weight excluding hydrogens is 452 g/mol. The van der Waals surface area contributed by atoms with Crippen molar-refractivity contribution in [3.63, 3.8) is 0 Å². The van der Waals surface area contributed by atoms with Crippen LogP contribution in [0.25, 0.3) is 5.69 Å². The predicted octanol–water partition coefficient (Wildman–Crippen LogP) is 4.92. The van der Waals surface area contributed by atoms with Gasteiger partial charge in [0.1, 0.15) is 5.56 Å². The van der Waals surface area contributed by atoms with Crippen molar-refractivity contribution in [1.29, 1.82) is 0 Å². The van der Waals surface area contributed by atoms with Gasteiger partial charge in [0.05, 0.1) is 29.1 Å². The van der Waals surface area contributed by atoms with E-state index >= 15 is 0 Å². The van der Waals surface area contributed by atoms with E-state index in [0.29, 0.717) is 38.8 Å². The first-order valence-electron chi connectivity index (χ1n) is 10.5. The summed E-state index contributed by atoms with van der Waals surface area (Å²) in [7, 11) is 0. The van der Waals surface area contributed by atoms with E-state index in [9.17, 15) is 14.4 Å². The highest BCUT2D eigenvalue weighted by molar-refractivity contribution is 7.12. The van der Waals surface area contributed by atoms with Crippen LogP contribution in [0.3, 0.4) is 0 Å². The molecule has 2 aromatic carbocycles. The molecule has 0 spiro atoms. The number of esters is 1. The lowest BCUT2D eigenvalue weighted by molar-refractivity contribution is 0.0525. The number of nitrogens with zero attached hydrogens (tertiary/aromatic N) is 2. The van der Waals surface area contributed by atoms with Crippen LogP contribution in [-0.2, 0) is 4.74 Å². The zero-order valence-corrected chi connectivity index (χ0v) is 19.4. The molecule has 8 nitrogen and oxygen atoms in total. The minimum absolute atomic E-state index is 0.200. The number of rotatable bonds is 7. The average Bonchev–Trinajstić information content (AvgIpc) is 3.50. The van der Waals surface area contributed by atoms with Gasteiger partial charge in [-0.1, -0.05) is 12.1 Å². The Morgan fingerprint density at radius 3 is 2.32 bits per heavy atom. The largest absolute Gasteiger partial charge is 0.462 e. The highest BCUT2D eigenvalue weighted by atomic mass is 32.1. The molecule has 0 aliphatic carbocycles. The van der Waals surface area contributed by atoms with E-state index in [1.54, 1.807) is 73.1 Å². The molecule has 2 heterocycles. The Labute approximate surface area is 200 Å². The van der Waals surface area contributed by atoms with Crippen LogP contribution >= 0.6 is 11.3 Å². The molecule has 9 heteroatoms. The number of hydrogen-bond donors (Lipinski definition) is 2. The molecule has 0 bridgehead atoms. The molecule has 2 amide bonds. The number of anilines is 2. The summed E-state index contributed by atoms with van der Waals surface area (Å²) in [4.78, 5) is 37.6. The molecule has 0 fully saturated rings. The first-order chi connectivity index (χ1) is 16.5. The van der Waals surface area contributed by atoms with E-state index in [2.05, 4.69) is 15.7 Å². The summed E-state index contributed by atoms with van der Waals surface area (Å²) in [6.45, 7) is 3.82. The maximum atomic E-state index is 12.7. The number of aromatic nitrogens is 2. The molecule has 4 rings (SSSR count). The van der Waals surface area contributed by atoms with Crippen LogP contribution in [0, 0.1) is 6.92 Å². The monoisotopic (exact) mass is 474 g/mol. The van der Waals surface area contributed by atoms with Crippen LogP contribution < -0.4 is 10.6 Å². The highest BCUT2D eigenvalue weighted by Crippen LogP contribution is 2.20. The second kappa shape index (κ2) is 10.1. The Kier molecular flexibility index (Phi) is 6.84. The first kappa shape index (κ1) is 22.9. The van der Waals surface area contributed by atoms with Gasteiger partial charge in [-0.2, -0.15) is 5.10 Å². The molecular formula is C25H22N4O4S. The summed E-state index contributed by atoms with van der Waals surface area (Å²) in [5.74, 6) is -0.914. The van der Waals surface area contributed by atoms with Crippen molar-refractivity contribution < 1.29 is 19.1 Å². The molecule has 0 saturated heterocycles. The lowest BCUT2D eigenvalue weighted by Gasteiger charge is -2.10. The summed E-state index contributed by atoms with van der Waals surface area (Å²) in [5.41, 5.74) is 3.35. The molecule has 0 atom stereocenters. The maximum absolute atomic E-state index is 12.7. The van der Waals surface area contributed by atoms with E-state index in [0.717, 1.165) is 0 Å². The number of nitrogens with one attached hydrogen (secondary N) is 2. The molecule has 0 aliphatic rings. The van der Waals surface area contributed by atoms with Gasteiger partial charge in [-0.3, -0.25) is 9.59 Å². The van der Waals surface area contributed by atoms with Crippen molar-refractivity contribution >= 4 is 40.5 Å². The van der Waals surface area contributed by atoms with Crippen LogP contribution in [0.2, 0.25) is 0 Å². The van der Waals surface area contributed by atoms with Crippen LogP contribution in [0.5, 0.6) is 0 Å². The van der Waals surface area contributed by atoms with Gasteiger partial charge >= 0.3 is 5.97 Å². The molecule has 34 heavy (non-hydrogen) atoms. The number of benzene rings is 2. The Balaban J connectivity index is 1.44. The van der Waals surface area contributed by atoms with Crippen molar-refractivity contribution in [3.8, 4) is 5.69 Å². The third-order valence-corrected chi connectivity index (χ3v) is 5.87. The van der Waals surface area contributed by atoms with Gasteiger partial charge < -0.3 is 15.4 Å². The minimum Gasteiger partial charge on any atom is -0.462 e. The number of hydrogen-bond acceptors (Lipinski definition) is 6. The smallest absolute Gasteiger partial charge is 0.341 e. The third kappa shape index (κ3) is 5.05. The standard InChI is InChI=1S/C25H22N4O4S/c1-3-33-25(32)21-15-26-29(16(21)2)20-11-9-17(10-12-20)23(30)27-18-6-4-7-19(14-18)28-24(31)22-8-5-13-34-22/h4-15H,3H2,1-2H3,(H,27,30)(H,28,31). The first-order valence-corrected chi connectivity index (χ1v) is 11.4. The lowest BCUT2D eigenvalue weighted by atomic mass is 10.1. The van der Waals surface area contributed by atoms with Crippen molar-refractivity contribution in [2.24, 2.45) is 0 Å². The van der Waals surface area contributed by atoms with Gasteiger partial charge in [0.15, 0.2) is 0 Å². The van der Waals surface area contributed by atoms with E-state index in [4.69, 9.17) is 4.74 Å². The molecule has 0 aliphatic heterocycles. The summed E-state index contributed by atoms with van der Waals surface area (Å²) < 4.78 is 6.66. The van der Waals surface area contributed by atoms with E-state index in [1.807, 2.05) is 11.4 Å². The average molecular weight is 475 g/mol. The van der Waals surface area contributed by atoms with Crippen LogP contribution in [0.4, 0.5) is 11.4 Å². The summed E-state index contributed by atoms with van der Waals surface area (Å²) in [5, 5.41) is 11.8. The molecule has 172 valence electrons. The SMILES string of the molecule is CCOC(=O)c1cnn(-c2ccc(C(=O)Nc3cccc(NC(=O)c4cccs4)c3)cc2)c1C. The highest BCUT2D eigenvalue weighted by Gasteiger charge is 2.16. The van der Waals surface area contributed by atoms with Gasteiger partial charge in [-0.05, 0) is 67.8 Å². The molecule has 2 N–H and O–H groups in total. The molecule has 2 aromatic heterocycles. The number of carbonyl (C=O) groups is 3. The zero-order valence-electron chi connectivity index (χ0n) is 18.6. The van der Waals surface area contributed by atoms with Crippen molar-refractivity contribution in [3.05, 3.63) is 93.9 Å². The Bertz CT molecular complexity index is 1330.